The van der Waals surface area contributed by atoms with Gasteiger partial charge >= 0.3 is 0 Å². The lowest BCUT2D eigenvalue weighted by Gasteiger charge is -2.24. The second kappa shape index (κ2) is 10.2. The van der Waals surface area contributed by atoms with Crippen LogP contribution >= 0.6 is 0 Å². The van der Waals surface area contributed by atoms with E-state index in [0.717, 1.165) is 38.7 Å². The highest BCUT2D eigenvalue weighted by Crippen LogP contribution is 2.13. The molecule has 0 radical (unpaired) electrons. The Labute approximate surface area is 139 Å². The molecule has 1 atom stereocenters. The molecule has 0 saturated carbocycles. The van der Waals surface area contributed by atoms with Gasteiger partial charge in [-0.15, -0.1) is 0 Å². The van der Waals surface area contributed by atoms with Gasteiger partial charge < -0.3 is 19.7 Å². The van der Waals surface area contributed by atoms with Gasteiger partial charge in [0.15, 0.2) is 5.96 Å². The smallest absolute Gasteiger partial charge is 0.193 e. The number of hydrogen-bond acceptors (Lipinski definition) is 3. The summed E-state index contributed by atoms with van der Waals surface area (Å²) in [4.78, 5) is 6.85. The summed E-state index contributed by atoms with van der Waals surface area (Å²) < 4.78 is 11.1. The summed E-state index contributed by atoms with van der Waals surface area (Å²) in [6.07, 6.45) is 1.14. The molecular formula is C18H29N3O2. The van der Waals surface area contributed by atoms with Crippen molar-refractivity contribution in [1.29, 1.82) is 0 Å². The van der Waals surface area contributed by atoms with E-state index in [0.29, 0.717) is 25.7 Å². The van der Waals surface area contributed by atoms with Gasteiger partial charge in [-0.2, -0.15) is 0 Å². The molecular weight excluding hydrogens is 290 g/mol. The highest BCUT2D eigenvalue weighted by molar-refractivity contribution is 5.79. The van der Waals surface area contributed by atoms with Crippen molar-refractivity contribution >= 4 is 5.96 Å². The Morgan fingerprint density at radius 1 is 1.39 bits per heavy atom. The van der Waals surface area contributed by atoms with Crippen LogP contribution in [0.5, 0.6) is 0 Å². The summed E-state index contributed by atoms with van der Waals surface area (Å²) in [5, 5.41) is 3.34. The predicted octanol–water partition coefficient (Wildman–Crippen LogP) is 2.14. The van der Waals surface area contributed by atoms with Crippen molar-refractivity contribution in [1.82, 2.24) is 10.2 Å². The molecule has 1 aromatic carbocycles. The minimum Gasteiger partial charge on any atom is -0.381 e. The average molecular weight is 319 g/mol. The Morgan fingerprint density at radius 2 is 2.22 bits per heavy atom. The summed E-state index contributed by atoms with van der Waals surface area (Å²) in [7, 11) is 2.09. The minimum atomic E-state index is 0.609. The summed E-state index contributed by atoms with van der Waals surface area (Å²) in [6, 6.07) is 10.2. The van der Waals surface area contributed by atoms with E-state index < -0.39 is 0 Å². The van der Waals surface area contributed by atoms with Crippen molar-refractivity contribution in [2.75, 3.05) is 46.5 Å². The quantitative estimate of drug-likeness (QED) is 0.453. The predicted molar refractivity (Wildman–Crippen MR) is 93.6 cm³/mol. The van der Waals surface area contributed by atoms with E-state index in [1.54, 1.807) is 0 Å². The molecule has 1 N–H and O–H groups in total. The lowest BCUT2D eigenvalue weighted by molar-refractivity contribution is 0.128. The molecule has 1 heterocycles. The molecule has 1 aliphatic heterocycles. The van der Waals surface area contributed by atoms with Crippen LogP contribution < -0.4 is 5.32 Å². The van der Waals surface area contributed by atoms with Crippen LogP contribution in [-0.2, 0) is 16.1 Å². The molecule has 1 aromatic rings. The van der Waals surface area contributed by atoms with Crippen LogP contribution in [0.3, 0.4) is 0 Å². The van der Waals surface area contributed by atoms with E-state index in [1.165, 1.54) is 5.56 Å². The summed E-state index contributed by atoms with van der Waals surface area (Å²) >= 11 is 0. The second-order valence-corrected chi connectivity index (χ2v) is 5.88. The minimum absolute atomic E-state index is 0.609. The molecule has 2 rings (SSSR count). The zero-order valence-corrected chi connectivity index (χ0v) is 14.3. The van der Waals surface area contributed by atoms with Crippen molar-refractivity contribution in [3.05, 3.63) is 35.9 Å². The normalized spacial score (nSPS) is 18.2. The average Bonchev–Trinajstić information content (AvgIpc) is 3.07. The Bertz CT molecular complexity index is 459. The molecule has 1 unspecified atom stereocenters. The fourth-order valence-corrected chi connectivity index (χ4v) is 2.65. The number of benzene rings is 1. The summed E-state index contributed by atoms with van der Waals surface area (Å²) in [5.41, 5.74) is 1.20. The SMILES string of the molecule is CCNC(=NCCOCc1ccccc1)N(C)CC1CCOC1. The van der Waals surface area contributed by atoms with E-state index >= 15 is 0 Å². The van der Waals surface area contributed by atoms with Gasteiger partial charge in [0.2, 0.25) is 0 Å². The van der Waals surface area contributed by atoms with Gasteiger partial charge in [0.05, 0.1) is 26.4 Å². The summed E-state index contributed by atoms with van der Waals surface area (Å²) in [5.74, 6) is 1.56. The van der Waals surface area contributed by atoms with Gasteiger partial charge in [-0.05, 0) is 18.9 Å². The first-order valence-electron chi connectivity index (χ1n) is 8.48. The van der Waals surface area contributed by atoms with Crippen LogP contribution in [0.15, 0.2) is 35.3 Å². The number of rotatable bonds is 8. The molecule has 23 heavy (non-hydrogen) atoms. The molecule has 0 aromatic heterocycles. The number of nitrogens with one attached hydrogen (secondary N) is 1. The van der Waals surface area contributed by atoms with Crippen LogP contribution in [0.1, 0.15) is 18.9 Å². The topological polar surface area (TPSA) is 46.1 Å². The van der Waals surface area contributed by atoms with Crippen molar-refractivity contribution in [3.63, 3.8) is 0 Å². The number of aliphatic imine (C=N–C) groups is 1. The highest BCUT2D eigenvalue weighted by atomic mass is 16.5. The standard InChI is InChI=1S/C18H29N3O2/c1-3-19-18(21(2)13-17-9-11-22-15-17)20-10-12-23-14-16-7-5-4-6-8-16/h4-8,17H,3,9-15H2,1-2H3,(H,19,20). The van der Waals surface area contributed by atoms with E-state index in [2.05, 4.69) is 41.3 Å². The van der Waals surface area contributed by atoms with Gasteiger partial charge in [-0.25, -0.2) is 0 Å². The van der Waals surface area contributed by atoms with Crippen LogP contribution in [-0.4, -0.2) is 57.4 Å². The van der Waals surface area contributed by atoms with E-state index in [4.69, 9.17) is 9.47 Å². The molecule has 0 bridgehead atoms. The van der Waals surface area contributed by atoms with Crippen LogP contribution in [0, 0.1) is 5.92 Å². The lowest BCUT2D eigenvalue weighted by Crippen LogP contribution is -2.41. The van der Waals surface area contributed by atoms with Gasteiger partial charge in [0, 0.05) is 32.7 Å². The molecule has 5 nitrogen and oxygen atoms in total. The Morgan fingerprint density at radius 3 is 2.91 bits per heavy atom. The molecule has 0 amide bonds. The van der Waals surface area contributed by atoms with E-state index in [9.17, 15) is 0 Å². The zero-order chi connectivity index (χ0) is 16.3. The first kappa shape index (κ1) is 17.8. The number of nitrogens with zero attached hydrogens (tertiary/aromatic N) is 2. The zero-order valence-electron chi connectivity index (χ0n) is 14.3. The van der Waals surface area contributed by atoms with Crippen LogP contribution in [0.2, 0.25) is 0 Å². The molecule has 1 fully saturated rings. The van der Waals surface area contributed by atoms with Crippen molar-refractivity contribution < 1.29 is 9.47 Å². The van der Waals surface area contributed by atoms with Gasteiger partial charge in [0.1, 0.15) is 0 Å². The van der Waals surface area contributed by atoms with Crippen molar-refractivity contribution in [2.24, 2.45) is 10.9 Å². The lowest BCUT2D eigenvalue weighted by atomic mass is 10.1. The van der Waals surface area contributed by atoms with Crippen LogP contribution in [0.4, 0.5) is 0 Å². The molecule has 1 aliphatic rings. The third kappa shape index (κ3) is 6.59. The Balaban J connectivity index is 1.71. The van der Waals surface area contributed by atoms with Gasteiger partial charge in [-0.3, -0.25) is 4.99 Å². The fraction of sp³-hybridized carbons (Fsp3) is 0.611. The van der Waals surface area contributed by atoms with Crippen molar-refractivity contribution in [2.45, 2.75) is 20.0 Å². The maximum atomic E-state index is 5.69. The molecule has 128 valence electrons. The van der Waals surface area contributed by atoms with Gasteiger partial charge in [0.25, 0.3) is 0 Å². The monoisotopic (exact) mass is 319 g/mol. The molecule has 0 aliphatic carbocycles. The molecule has 0 spiro atoms. The first-order valence-corrected chi connectivity index (χ1v) is 8.48. The number of ether oxygens (including phenoxy) is 2. The third-order valence-corrected chi connectivity index (χ3v) is 3.86. The van der Waals surface area contributed by atoms with Crippen LogP contribution in [0.25, 0.3) is 0 Å². The van der Waals surface area contributed by atoms with Gasteiger partial charge in [-0.1, -0.05) is 30.3 Å². The molecule has 5 heteroatoms. The number of hydrogen-bond donors (Lipinski definition) is 1. The largest absolute Gasteiger partial charge is 0.381 e. The molecule has 1 saturated heterocycles. The van der Waals surface area contributed by atoms with E-state index in [1.807, 2.05) is 18.2 Å². The maximum Gasteiger partial charge on any atom is 0.193 e. The van der Waals surface area contributed by atoms with E-state index in [-0.39, 0.29) is 0 Å². The Hall–Kier alpha value is -1.59. The third-order valence-electron chi connectivity index (χ3n) is 3.86. The maximum absolute atomic E-state index is 5.69. The Kier molecular flexibility index (Phi) is 7.90. The highest BCUT2D eigenvalue weighted by Gasteiger charge is 2.18. The summed E-state index contributed by atoms with van der Waals surface area (Å²) in [6.45, 7) is 7.64. The van der Waals surface area contributed by atoms with Crippen molar-refractivity contribution in [3.8, 4) is 0 Å². The first-order chi connectivity index (χ1) is 11.3. The fourth-order valence-electron chi connectivity index (χ4n) is 2.65. The second-order valence-electron chi connectivity index (χ2n) is 5.88. The number of guanidine groups is 1.